The molecule has 3 aromatic rings. The molecule has 0 unspecified atom stereocenters. The Hall–Kier alpha value is -3.28. The van der Waals surface area contributed by atoms with E-state index in [1.165, 1.54) is 18.5 Å². The molecule has 1 aliphatic heterocycles. The minimum Gasteiger partial charge on any atom is -0.324 e. The van der Waals surface area contributed by atoms with Crippen LogP contribution in [0.2, 0.25) is 0 Å². The zero-order chi connectivity index (χ0) is 19.1. The van der Waals surface area contributed by atoms with Crippen molar-refractivity contribution in [2.24, 2.45) is 0 Å². The standard InChI is InChI=1S/C22H18F2N4/c23-18-10-3-1-6-14(18)12-15-7-5-9-17-20(15)27-22-25-13-26-28(22)21(17)16-8-2-4-11-19(16)24/h1-4,6,8,10-13,21H,5,7,9H2,(H,25,26,27)/b15-12+/t21-/m1/s1. The summed E-state index contributed by atoms with van der Waals surface area (Å²) in [5.41, 5.74) is 4.07. The maximum atomic E-state index is 14.7. The van der Waals surface area contributed by atoms with E-state index in [-0.39, 0.29) is 17.7 Å². The molecule has 2 aliphatic rings. The molecule has 2 heterocycles. The molecule has 0 bridgehead atoms. The predicted molar refractivity (Wildman–Crippen MR) is 103 cm³/mol. The van der Waals surface area contributed by atoms with Crippen molar-refractivity contribution in [3.05, 3.63) is 94.5 Å². The second kappa shape index (κ2) is 6.71. The number of anilines is 1. The van der Waals surface area contributed by atoms with Crippen LogP contribution in [-0.2, 0) is 0 Å². The van der Waals surface area contributed by atoms with Gasteiger partial charge in [0.25, 0.3) is 0 Å². The molecular weight excluding hydrogens is 358 g/mol. The molecule has 140 valence electrons. The normalized spacial score (nSPS) is 19.9. The molecule has 1 N–H and O–H groups in total. The number of hydrogen-bond donors (Lipinski definition) is 1. The first-order chi connectivity index (χ1) is 13.7. The lowest BCUT2D eigenvalue weighted by Gasteiger charge is -2.34. The van der Waals surface area contributed by atoms with E-state index in [9.17, 15) is 8.78 Å². The molecule has 0 saturated heterocycles. The quantitative estimate of drug-likeness (QED) is 0.677. The van der Waals surface area contributed by atoms with Crippen molar-refractivity contribution in [2.45, 2.75) is 25.3 Å². The van der Waals surface area contributed by atoms with Gasteiger partial charge < -0.3 is 5.32 Å². The third-order valence-corrected chi connectivity index (χ3v) is 5.35. The highest BCUT2D eigenvalue weighted by Crippen LogP contribution is 2.44. The molecule has 0 spiro atoms. The van der Waals surface area contributed by atoms with Crippen LogP contribution in [0.3, 0.4) is 0 Å². The van der Waals surface area contributed by atoms with Crippen molar-refractivity contribution in [1.29, 1.82) is 0 Å². The second-order valence-corrected chi connectivity index (χ2v) is 7.02. The molecule has 1 atom stereocenters. The summed E-state index contributed by atoms with van der Waals surface area (Å²) in [7, 11) is 0. The molecule has 1 aliphatic carbocycles. The van der Waals surface area contributed by atoms with Gasteiger partial charge in [0.15, 0.2) is 0 Å². The Morgan fingerprint density at radius 3 is 2.61 bits per heavy atom. The Bertz CT molecular complexity index is 1110. The van der Waals surface area contributed by atoms with Gasteiger partial charge in [-0.05, 0) is 48.6 Å². The maximum absolute atomic E-state index is 14.7. The summed E-state index contributed by atoms with van der Waals surface area (Å²) in [6, 6.07) is 13.1. The van der Waals surface area contributed by atoms with Gasteiger partial charge in [0.1, 0.15) is 24.0 Å². The highest BCUT2D eigenvalue weighted by Gasteiger charge is 2.34. The number of halogens is 2. The largest absolute Gasteiger partial charge is 0.324 e. The monoisotopic (exact) mass is 376 g/mol. The van der Waals surface area contributed by atoms with Crippen molar-refractivity contribution in [1.82, 2.24) is 14.8 Å². The molecule has 6 heteroatoms. The van der Waals surface area contributed by atoms with Crippen molar-refractivity contribution >= 4 is 12.0 Å². The first-order valence-electron chi connectivity index (χ1n) is 9.32. The first-order valence-corrected chi connectivity index (χ1v) is 9.32. The van der Waals surface area contributed by atoms with Crippen molar-refractivity contribution in [2.75, 3.05) is 5.32 Å². The minimum absolute atomic E-state index is 0.257. The van der Waals surface area contributed by atoms with E-state index in [0.29, 0.717) is 17.1 Å². The summed E-state index contributed by atoms with van der Waals surface area (Å²) in [5, 5.41) is 7.68. The van der Waals surface area contributed by atoms with Crippen LogP contribution in [0.25, 0.3) is 6.08 Å². The number of fused-ring (bicyclic) bond motifs is 1. The van der Waals surface area contributed by atoms with E-state index in [4.69, 9.17) is 0 Å². The van der Waals surface area contributed by atoms with Crippen LogP contribution in [0.5, 0.6) is 0 Å². The van der Waals surface area contributed by atoms with Crippen LogP contribution in [0.1, 0.15) is 36.4 Å². The fourth-order valence-corrected chi connectivity index (χ4v) is 4.09. The lowest BCUT2D eigenvalue weighted by molar-refractivity contribution is 0.507. The van der Waals surface area contributed by atoms with Crippen LogP contribution >= 0.6 is 0 Å². The van der Waals surface area contributed by atoms with Crippen LogP contribution < -0.4 is 5.32 Å². The van der Waals surface area contributed by atoms with Gasteiger partial charge in [-0.2, -0.15) is 10.1 Å². The molecule has 0 fully saturated rings. The Morgan fingerprint density at radius 2 is 1.79 bits per heavy atom. The van der Waals surface area contributed by atoms with Gasteiger partial charge in [-0.25, -0.2) is 13.5 Å². The van der Waals surface area contributed by atoms with Crippen LogP contribution in [-0.4, -0.2) is 14.8 Å². The molecule has 0 saturated carbocycles. The topological polar surface area (TPSA) is 42.7 Å². The number of rotatable bonds is 2. The van der Waals surface area contributed by atoms with E-state index in [1.54, 1.807) is 28.9 Å². The Balaban J connectivity index is 1.68. The van der Waals surface area contributed by atoms with E-state index in [1.807, 2.05) is 18.2 Å². The van der Waals surface area contributed by atoms with Gasteiger partial charge in [0.05, 0.1) is 0 Å². The number of aromatic nitrogens is 3. The molecule has 1 aromatic heterocycles. The van der Waals surface area contributed by atoms with Crippen LogP contribution in [0, 0.1) is 11.6 Å². The zero-order valence-corrected chi connectivity index (χ0v) is 15.1. The van der Waals surface area contributed by atoms with Gasteiger partial charge >= 0.3 is 0 Å². The third kappa shape index (κ3) is 2.72. The zero-order valence-electron chi connectivity index (χ0n) is 15.1. The van der Waals surface area contributed by atoms with E-state index < -0.39 is 0 Å². The maximum Gasteiger partial charge on any atom is 0.226 e. The Morgan fingerprint density at radius 1 is 1.00 bits per heavy atom. The summed E-state index contributed by atoms with van der Waals surface area (Å²) in [5.74, 6) is 0.0357. The highest BCUT2D eigenvalue weighted by atomic mass is 19.1. The summed E-state index contributed by atoms with van der Waals surface area (Å²) >= 11 is 0. The lowest BCUT2D eigenvalue weighted by atomic mass is 9.83. The van der Waals surface area contributed by atoms with E-state index in [0.717, 1.165) is 36.1 Å². The smallest absolute Gasteiger partial charge is 0.226 e. The third-order valence-electron chi connectivity index (χ3n) is 5.35. The molecule has 28 heavy (non-hydrogen) atoms. The average molecular weight is 376 g/mol. The number of nitrogens with one attached hydrogen (secondary N) is 1. The summed E-state index contributed by atoms with van der Waals surface area (Å²) < 4.78 is 30.6. The molecule has 5 rings (SSSR count). The second-order valence-electron chi connectivity index (χ2n) is 7.02. The fourth-order valence-electron chi connectivity index (χ4n) is 4.09. The average Bonchev–Trinajstić information content (AvgIpc) is 3.17. The SMILES string of the molecule is Fc1ccccc1/C=C1\CCCC2=C1Nc1ncnn1[C@@H]2c1ccccc1F. The van der Waals surface area contributed by atoms with Crippen molar-refractivity contribution in [3.8, 4) is 0 Å². The fraction of sp³-hybridized carbons (Fsp3) is 0.182. The molecule has 2 aromatic carbocycles. The van der Waals surface area contributed by atoms with Gasteiger partial charge in [-0.15, -0.1) is 0 Å². The number of benzene rings is 2. The summed E-state index contributed by atoms with van der Waals surface area (Å²) in [6.07, 6.45) is 5.89. The summed E-state index contributed by atoms with van der Waals surface area (Å²) in [4.78, 5) is 4.30. The van der Waals surface area contributed by atoms with Crippen molar-refractivity contribution in [3.63, 3.8) is 0 Å². The molecule has 0 radical (unpaired) electrons. The number of nitrogens with zero attached hydrogens (tertiary/aromatic N) is 3. The Kier molecular flexibility index (Phi) is 4.04. The van der Waals surface area contributed by atoms with Crippen LogP contribution in [0.4, 0.5) is 14.7 Å². The molecular formula is C22H18F2N4. The molecule has 0 amide bonds. The van der Waals surface area contributed by atoms with Gasteiger partial charge in [0, 0.05) is 16.8 Å². The summed E-state index contributed by atoms with van der Waals surface area (Å²) in [6.45, 7) is 0. The molecule has 4 nitrogen and oxygen atoms in total. The van der Waals surface area contributed by atoms with E-state index >= 15 is 0 Å². The Labute approximate surface area is 161 Å². The number of hydrogen-bond acceptors (Lipinski definition) is 3. The van der Waals surface area contributed by atoms with Gasteiger partial charge in [-0.3, -0.25) is 0 Å². The number of allylic oxidation sites excluding steroid dienone is 2. The first kappa shape index (κ1) is 16.9. The van der Waals surface area contributed by atoms with Crippen molar-refractivity contribution < 1.29 is 8.78 Å². The van der Waals surface area contributed by atoms with Gasteiger partial charge in [0.2, 0.25) is 5.95 Å². The highest BCUT2D eigenvalue weighted by molar-refractivity contribution is 5.65. The lowest BCUT2D eigenvalue weighted by Crippen LogP contribution is -2.28. The van der Waals surface area contributed by atoms with Gasteiger partial charge in [-0.1, -0.05) is 36.4 Å². The minimum atomic E-state index is -0.362. The predicted octanol–water partition coefficient (Wildman–Crippen LogP) is 5.09. The van der Waals surface area contributed by atoms with E-state index in [2.05, 4.69) is 15.4 Å². The van der Waals surface area contributed by atoms with Crippen LogP contribution in [0.15, 0.2) is 71.7 Å².